The highest BCUT2D eigenvalue weighted by molar-refractivity contribution is 5.92. The summed E-state index contributed by atoms with van der Waals surface area (Å²) in [5.74, 6) is -0.341. The molecule has 2 aromatic rings. The predicted molar refractivity (Wildman–Crippen MR) is 89.6 cm³/mol. The van der Waals surface area contributed by atoms with Gasteiger partial charge in [-0.05, 0) is 43.2 Å². The summed E-state index contributed by atoms with van der Waals surface area (Å²) in [6.07, 6.45) is 0. The van der Waals surface area contributed by atoms with Gasteiger partial charge < -0.3 is 19.9 Å². The van der Waals surface area contributed by atoms with Gasteiger partial charge in [-0.15, -0.1) is 0 Å². The molecule has 6 nitrogen and oxygen atoms in total. The molecule has 0 aromatic heterocycles. The van der Waals surface area contributed by atoms with Crippen molar-refractivity contribution < 1.29 is 24.2 Å². The van der Waals surface area contributed by atoms with Crippen LogP contribution in [0.25, 0.3) is 0 Å². The number of aliphatic carboxylic acids is 1. The molecule has 2 aromatic carbocycles. The molecule has 0 heterocycles. The highest BCUT2D eigenvalue weighted by Crippen LogP contribution is 2.21. The minimum absolute atomic E-state index is 0.121. The molecule has 2 rings (SSSR count). The normalized spacial score (nSPS) is 10.1. The molecule has 0 fully saturated rings. The Kier molecular flexibility index (Phi) is 5.78. The maximum atomic E-state index is 12.0. The van der Waals surface area contributed by atoms with Gasteiger partial charge in [-0.25, -0.2) is 4.79 Å². The zero-order chi connectivity index (χ0) is 17.5. The van der Waals surface area contributed by atoms with E-state index < -0.39 is 12.6 Å². The largest absolute Gasteiger partial charge is 0.483 e. The van der Waals surface area contributed by atoms with Crippen LogP contribution < -0.4 is 14.8 Å². The molecule has 0 bridgehead atoms. The van der Waals surface area contributed by atoms with Gasteiger partial charge in [0.25, 0.3) is 5.91 Å². The molecular weight excluding hydrogens is 310 g/mol. The number of carbonyl (C=O) groups is 2. The predicted octanol–water partition coefficient (Wildman–Crippen LogP) is 2.78. The van der Waals surface area contributed by atoms with Crippen molar-refractivity contribution in [2.24, 2.45) is 0 Å². The number of carboxylic acid groups (broad SMARTS) is 1. The Morgan fingerprint density at radius 3 is 2.54 bits per heavy atom. The van der Waals surface area contributed by atoms with Crippen molar-refractivity contribution in [3.05, 3.63) is 53.6 Å². The summed E-state index contributed by atoms with van der Waals surface area (Å²) in [5, 5.41) is 11.3. The molecule has 2 N–H and O–H groups in total. The number of anilines is 1. The van der Waals surface area contributed by atoms with E-state index in [0.29, 0.717) is 17.2 Å². The number of carbonyl (C=O) groups excluding carboxylic acids is 1. The third kappa shape index (κ3) is 5.01. The van der Waals surface area contributed by atoms with Crippen molar-refractivity contribution in [2.75, 3.05) is 18.5 Å². The van der Waals surface area contributed by atoms with E-state index in [1.807, 2.05) is 32.0 Å². The molecule has 0 saturated heterocycles. The average Bonchev–Trinajstić information content (AvgIpc) is 2.55. The van der Waals surface area contributed by atoms with Crippen molar-refractivity contribution in [3.8, 4) is 11.5 Å². The standard InChI is InChI=1S/C18H19NO5/c1-12-5-3-8-16(13(12)2)24-10-17(20)19-14-6-4-7-15(9-14)23-11-18(21)22/h3-9H,10-11H2,1-2H3,(H,19,20)(H,21,22). The summed E-state index contributed by atoms with van der Waals surface area (Å²) in [5.41, 5.74) is 2.60. The lowest BCUT2D eigenvalue weighted by atomic mass is 10.1. The molecule has 0 saturated carbocycles. The summed E-state index contributed by atoms with van der Waals surface area (Å²) >= 11 is 0. The Morgan fingerprint density at radius 2 is 1.79 bits per heavy atom. The minimum Gasteiger partial charge on any atom is -0.483 e. The first-order chi connectivity index (χ1) is 11.5. The van der Waals surface area contributed by atoms with Crippen LogP contribution >= 0.6 is 0 Å². The SMILES string of the molecule is Cc1cccc(OCC(=O)Nc2cccc(OCC(=O)O)c2)c1C. The maximum Gasteiger partial charge on any atom is 0.341 e. The van der Waals surface area contributed by atoms with Crippen LogP contribution in [-0.2, 0) is 9.59 Å². The number of hydrogen-bond acceptors (Lipinski definition) is 4. The number of nitrogens with one attached hydrogen (secondary N) is 1. The summed E-state index contributed by atoms with van der Waals surface area (Å²) in [4.78, 5) is 22.5. The lowest BCUT2D eigenvalue weighted by molar-refractivity contribution is -0.139. The number of aryl methyl sites for hydroxylation is 1. The highest BCUT2D eigenvalue weighted by Gasteiger charge is 2.07. The van der Waals surface area contributed by atoms with Crippen molar-refractivity contribution in [2.45, 2.75) is 13.8 Å². The van der Waals surface area contributed by atoms with Crippen LogP contribution in [0.5, 0.6) is 11.5 Å². The van der Waals surface area contributed by atoms with Gasteiger partial charge in [-0.2, -0.15) is 0 Å². The Labute approximate surface area is 140 Å². The van der Waals surface area contributed by atoms with Gasteiger partial charge in [0.05, 0.1) is 0 Å². The smallest absolute Gasteiger partial charge is 0.341 e. The zero-order valence-electron chi connectivity index (χ0n) is 13.5. The molecule has 6 heteroatoms. The molecule has 0 aliphatic carbocycles. The van der Waals surface area contributed by atoms with Crippen molar-refractivity contribution in [3.63, 3.8) is 0 Å². The van der Waals surface area contributed by atoms with Crippen molar-refractivity contribution in [1.82, 2.24) is 0 Å². The second-order valence-electron chi connectivity index (χ2n) is 5.25. The fraction of sp³-hybridized carbons (Fsp3) is 0.222. The number of benzene rings is 2. The topological polar surface area (TPSA) is 84.9 Å². The molecule has 0 unspecified atom stereocenters. The molecule has 0 aliphatic rings. The first kappa shape index (κ1) is 17.3. The molecule has 24 heavy (non-hydrogen) atoms. The Morgan fingerprint density at radius 1 is 1.04 bits per heavy atom. The molecule has 126 valence electrons. The maximum absolute atomic E-state index is 12.0. The van der Waals surface area contributed by atoms with Crippen LogP contribution in [0.1, 0.15) is 11.1 Å². The van der Waals surface area contributed by atoms with E-state index >= 15 is 0 Å². The second-order valence-corrected chi connectivity index (χ2v) is 5.25. The summed E-state index contributed by atoms with van der Waals surface area (Å²) in [6, 6.07) is 12.2. The number of ether oxygens (including phenoxy) is 2. The van der Waals surface area contributed by atoms with Gasteiger partial charge in [0.15, 0.2) is 13.2 Å². The molecule has 0 radical (unpaired) electrons. The van der Waals surface area contributed by atoms with Gasteiger partial charge in [0, 0.05) is 11.8 Å². The van der Waals surface area contributed by atoms with Gasteiger partial charge in [0.2, 0.25) is 0 Å². The minimum atomic E-state index is -1.06. The summed E-state index contributed by atoms with van der Waals surface area (Å²) in [6.45, 7) is 3.36. The Balaban J connectivity index is 1.91. The number of amides is 1. The van der Waals surface area contributed by atoms with Crippen LogP contribution in [0.2, 0.25) is 0 Å². The van der Waals surface area contributed by atoms with E-state index in [9.17, 15) is 9.59 Å². The van der Waals surface area contributed by atoms with Gasteiger partial charge in [-0.1, -0.05) is 18.2 Å². The molecule has 0 aliphatic heterocycles. The number of hydrogen-bond donors (Lipinski definition) is 2. The molecule has 0 atom stereocenters. The average molecular weight is 329 g/mol. The van der Waals surface area contributed by atoms with Gasteiger partial charge in [0.1, 0.15) is 11.5 Å². The van der Waals surface area contributed by atoms with Crippen LogP contribution in [-0.4, -0.2) is 30.2 Å². The van der Waals surface area contributed by atoms with E-state index in [1.165, 1.54) is 0 Å². The molecule has 1 amide bonds. The summed E-state index contributed by atoms with van der Waals surface area (Å²) < 4.78 is 10.6. The van der Waals surface area contributed by atoms with Crippen LogP contribution in [0, 0.1) is 13.8 Å². The lowest BCUT2D eigenvalue weighted by Gasteiger charge is -2.11. The number of rotatable bonds is 7. The first-order valence-electron chi connectivity index (χ1n) is 7.39. The Hall–Kier alpha value is -3.02. The third-order valence-corrected chi connectivity index (χ3v) is 3.39. The third-order valence-electron chi connectivity index (χ3n) is 3.39. The molecule has 0 spiro atoms. The fourth-order valence-corrected chi connectivity index (χ4v) is 2.03. The second kappa shape index (κ2) is 8.01. The van der Waals surface area contributed by atoms with Gasteiger partial charge >= 0.3 is 5.97 Å². The fourth-order valence-electron chi connectivity index (χ4n) is 2.03. The molecular formula is C18H19NO5. The number of carboxylic acids is 1. The van der Waals surface area contributed by atoms with E-state index in [-0.39, 0.29) is 12.5 Å². The van der Waals surface area contributed by atoms with E-state index in [4.69, 9.17) is 14.6 Å². The monoisotopic (exact) mass is 329 g/mol. The quantitative estimate of drug-likeness (QED) is 0.816. The van der Waals surface area contributed by atoms with Crippen molar-refractivity contribution >= 4 is 17.6 Å². The highest BCUT2D eigenvalue weighted by atomic mass is 16.5. The van der Waals surface area contributed by atoms with Crippen molar-refractivity contribution in [1.29, 1.82) is 0 Å². The van der Waals surface area contributed by atoms with Crippen LogP contribution in [0.3, 0.4) is 0 Å². The van der Waals surface area contributed by atoms with E-state index in [1.54, 1.807) is 24.3 Å². The lowest BCUT2D eigenvalue weighted by Crippen LogP contribution is -2.20. The van der Waals surface area contributed by atoms with E-state index in [2.05, 4.69) is 5.32 Å². The van der Waals surface area contributed by atoms with Gasteiger partial charge in [-0.3, -0.25) is 4.79 Å². The summed E-state index contributed by atoms with van der Waals surface area (Å²) in [7, 11) is 0. The van der Waals surface area contributed by atoms with Crippen LogP contribution in [0.15, 0.2) is 42.5 Å². The zero-order valence-corrected chi connectivity index (χ0v) is 13.5. The first-order valence-corrected chi connectivity index (χ1v) is 7.39. The van der Waals surface area contributed by atoms with E-state index in [0.717, 1.165) is 11.1 Å². The van der Waals surface area contributed by atoms with Crippen LogP contribution in [0.4, 0.5) is 5.69 Å². The Bertz CT molecular complexity index is 742.